The van der Waals surface area contributed by atoms with Gasteiger partial charge in [0.2, 0.25) is 0 Å². The molecule has 1 saturated carbocycles. The molecule has 0 unspecified atom stereocenters. The lowest BCUT2D eigenvalue weighted by Gasteiger charge is -2.04. The molecule has 1 heterocycles. The van der Waals surface area contributed by atoms with Crippen LogP contribution in [0.3, 0.4) is 0 Å². The third kappa shape index (κ3) is 2.48. The van der Waals surface area contributed by atoms with Gasteiger partial charge in [-0.05, 0) is 37.3 Å². The van der Waals surface area contributed by atoms with E-state index in [0.717, 1.165) is 11.2 Å². The molecular weight excluding hydrogens is 240 g/mol. The smallest absolute Gasteiger partial charge is 0.306 e. The van der Waals surface area contributed by atoms with Gasteiger partial charge < -0.3 is 4.74 Å². The number of carbonyl (C=O) groups is 1. The van der Waals surface area contributed by atoms with Gasteiger partial charge in [-0.15, -0.1) is 0 Å². The van der Waals surface area contributed by atoms with Gasteiger partial charge in [-0.3, -0.25) is 9.89 Å². The van der Waals surface area contributed by atoms with E-state index in [-0.39, 0.29) is 5.97 Å². The summed E-state index contributed by atoms with van der Waals surface area (Å²) in [4.78, 5) is 11.4. The molecular formula is C15H18N2O2. The van der Waals surface area contributed by atoms with Crippen molar-refractivity contribution >= 4 is 16.9 Å². The van der Waals surface area contributed by atoms with Gasteiger partial charge in [-0.2, -0.15) is 5.10 Å². The summed E-state index contributed by atoms with van der Waals surface area (Å²) in [5, 5.41) is 8.63. The normalized spacial score (nSPS) is 14.8. The zero-order valence-corrected chi connectivity index (χ0v) is 11.1. The highest BCUT2D eigenvalue weighted by molar-refractivity contribution is 5.86. The first-order valence-electron chi connectivity index (χ1n) is 6.91. The lowest BCUT2D eigenvalue weighted by molar-refractivity contribution is -0.143. The Balaban J connectivity index is 1.85. The van der Waals surface area contributed by atoms with E-state index < -0.39 is 0 Å². The van der Waals surface area contributed by atoms with Crippen molar-refractivity contribution in [3.05, 3.63) is 29.5 Å². The molecule has 1 aliphatic carbocycles. The third-order valence-electron chi connectivity index (χ3n) is 3.59. The Morgan fingerprint density at radius 3 is 3.05 bits per heavy atom. The SMILES string of the molecule is CCOC(=O)CCc1[nH]nc2cccc(C3CC3)c12. The topological polar surface area (TPSA) is 55.0 Å². The van der Waals surface area contributed by atoms with Gasteiger partial charge in [0.05, 0.1) is 18.5 Å². The highest BCUT2D eigenvalue weighted by atomic mass is 16.5. The molecule has 3 rings (SSSR count). The van der Waals surface area contributed by atoms with E-state index in [0.29, 0.717) is 25.4 Å². The van der Waals surface area contributed by atoms with Crippen LogP contribution in [0.4, 0.5) is 0 Å². The second-order valence-corrected chi connectivity index (χ2v) is 5.02. The minimum Gasteiger partial charge on any atom is -0.466 e. The van der Waals surface area contributed by atoms with Crippen LogP contribution in [0.15, 0.2) is 18.2 Å². The first kappa shape index (κ1) is 12.2. The van der Waals surface area contributed by atoms with Crippen molar-refractivity contribution in [1.29, 1.82) is 0 Å². The van der Waals surface area contributed by atoms with Gasteiger partial charge in [0.25, 0.3) is 0 Å². The second kappa shape index (κ2) is 5.03. The van der Waals surface area contributed by atoms with Crippen LogP contribution in [-0.2, 0) is 16.0 Å². The fourth-order valence-corrected chi connectivity index (χ4v) is 2.54. The highest BCUT2D eigenvalue weighted by Crippen LogP contribution is 2.43. The van der Waals surface area contributed by atoms with Crippen LogP contribution < -0.4 is 0 Å². The van der Waals surface area contributed by atoms with Crippen molar-refractivity contribution in [2.75, 3.05) is 6.61 Å². The molecule has 1 aromatic carbocycles. The molecule has 0 saturated heterocycles. The van der Waals surface area contributed by atoms with Gasteiger partial charge >= 0.3 is 5.97 Å². The maximum atomic E-state index is 11.4. The molecule has 4 nitrogen and oxygen atoms in total. The Hall–Kier alpha value is -1.84. The van der Waals surface area contributed by atoms with E-state index in [1.807, 2.05) is 13.0 Å². The average molecular weight is 258 g/mol. The fourth-order valence-electron chi connectivity index (χ4n) is 2.54. The molecule has 0 amide bonds. The second-order valence-electron chi connectivity index (χ2n) is 5.02. The predicted molar refractivity (Wildman–Crippen MR) is 73.0 cm³/mol. The molecule has 0 aliphatic heterocycles. The van der Waals surface area contributed by atoms with Gasteiger partial charge in [0.1, 0.15) is 0 Å². The van der Waals surface area contributed by atoms with Gasteiger partial charge in [0, 0.05) is 17.5 Å². The van der Waals surface area contributed by atoms with Crippen molar-refractivity contribution in [3.63, 3.8) is 0 Å². The number of rotatable bonds is 5. The summed E-state index contributed by atoms with van der Waals surface area (Å²) in [5.41, 5.74) is 3.44. The van der Waals surface area contributed by atoms with Crippen molar-refractivity contribution in [2.24, 2.45) is 0 Å². The molecule has 100 valence electrons. The molecule has 0 spiro atoms. The molecule has 19 heavy (non-hydrogen) atoms. The largest absolute Gasteiger partial charge is 0.466 e. The number of benzene rings is 1. The third-order valence-corrected chi connectivity index (χ3v) is 3.59. The minimum atomic E-state index is -0.144. The Bertz CT molecular complexity index is 599. The molecule has 1 aliphatic rings. The van der Waals surface area contributed by atoms with Gasteiger partial charge in [-0.25, -0.2) is 0 Å². The summed E-state index contributed by atoms with van der Waals surface area (Å²) in [6.07, 6.45) is 3.60. The maximum Gasteiger partial charge on any atom is 0.306 e. The van der Waals surface area contributed by atoms with E-state index >= 15 is 0 Å². The van der Waals surface area contributed by atoms with Crippen LogP contribution >= 0.6 is 0 Å². The van der Waals surface area contributed by atoms with Crippen LogP contribution in [0, 0.1) is 0 Å². The van der Waals surface area contributed by atoms with E-state index in [9.17, 15) is 4.79 Å². The van der Waals surface area contributed by atoms with Crippen LogP contribution in [0.25, 0.3) is 10.9 Å². The fraction of sp³-hybridized carbons (Fsp3) is 0.467. The lowest BCUT2D eigenvalue weighted by Crippen LogP contribution is -2.05. The molecule has 1 aromatic heterocycles. The molecule has 1 fully saturated rings. The molecule has 0 radical (unpaired) electrons. The van der Waals surface area contributed by atoms with Gasteiger partial charge in [-0.1, -0.05) is 12.1 Å². The Kier molecular flexibility index (Phi) is 3.23. The quantitative estimate of drug-likeness (QED) is 0.839. The summed E-state index contributed by atoms with van der Waals surface area (Å²) in [6, 6.07) is 6.26. The maximum absolute atomic E-state index is 11.4. The average Bonchev–Trinajstić information content (AvgIpc) is 3.17. The number of fused-ring (bicyclic) bond motifs is 1. The number of esters is 1. The number of aromatic amines is 1. The summed E-state index contributed by atoms with van der Waals surface area (Å²) >= 11 is 0. The van der Waals surface area contributed by atoms with E-state index in [1.54, 1.807) is 0 Å². The Morgan fingerprint density at radius 2 is 2.32 bits per heavy atom. The number of carbonyl (C=O) groups excluding carboxylic acids is 1. The van der Waals surface area contributed by atoms with Crippen molar-refractivity contribution in [3.8, 4) is 0 Å². The monoisotopic (exact) mass is 258 g/mol. The summed E-state index contributed by atoms with van der Waals surface area (Å²) in [7, 11) is 0. The Labute approximate surface area is 112 Å². The number of hydrogen-bond donors (Lipinski definition) is 1. The number of nitrogens with zero attached hydrogens (tertiary/aromatic N) is 1. The number of hydrogen-bond acceptors (Lipinski definition) is 3. The van der Waals surface area contributed by atoms with E-state index in [4.69, 9.17) is 4.74 Å². The predicted octanol–water partition coefficient (Wildman–Crippen LogP) is 2.94. The molecule has 1 N–H and O–H groups in total. The number of H-pyrrole nitrogens is 1. The van der Waals surface area contributed by atoms with Crippen molar-refractivity contribution in [2.45, 2.75) is 38.5 Å². The zero-order chi connectivity index (χ0) is 13.2. The standard InChI is InChI=1S/C15H18N2O2/c1-2-19-14(18)9-8-13-15-11(10-6-7-10)4-3-5-12(15)16-17-13/h3-5,10H,2,6-9H2,1H3,(H,16,17). The first-order valence-corrected chi connectivity index (χ1v) is 6.91. The van der Waals surface area contributed by atoms with Crippen molar-refractivity contribution < 1.29 is 9.53 Å². The number of nitrogens with one attached hydrogen (secondary N) is 1. The molecule has 4 heteroatoms. The minimum absolute atomic E-state index is 0.144. The van der Waals surface area contributed by atoms with Gasteiger partial charge in [0.15, 0.2) is 0 Å². The summed E-state index contributed by atoms with van der Waals surface area (Å²) < 4.78 is 4.97. The zero-order valence-electron chi connectivity index (χ0n) is 11.1. The van der Waals surface area contributed by atoms with E-state index in [1.165, 1.54) is 23.8 Å². The van der Waals surface area contributed by atoms with Crippen LogP contribution in [0.1, 0.15) is 43.4 Å². The van der Waals surface area contributed by atoms with Crippen LogP contribution in [0.5, 0.6) is 0 Å². The summed E-state index contributed by atoms with van der Waals surface area (Å²) in [6.45, 7) is 2.27. The Morgan fingerprint density at radius 1 is 1.47 bits per heavy atom. The summed E-state index contributed by atoms with van der Waals surface area (Å²) in [5.74, 6) is 0.539. The number of ether oxygens (including phenoxy) is 1. The van der Waals surface area contributed by atoms with Crippen molar-refractivity contribution in [1.82, 2.24) is 10.2 Å². The molecule has 2 aromatic rings. The number of aryl methyl sites for hydroxylation is 1. The lowest BCUT2D eigenvalue weighted by atomic mass is 10.0. The molecule has 0 bridgehead atoms. The number of aromatic nitrogens is 2. The molecule has 0 atom stereocenters. The first-order chi connectivity index (χ1) is 9.29. The highest BCUT2D eigenvalue weighted by Gasteiger charge is 2.26. The van der Waals surface area contributed by atoms with Crippen LogP contribution in [0.2, 0.25) is 0 Å². The van der Waals surface area contributed by atoms with E-state index in [2.05, 4.69) is 22.3 Å². The van der Waals surface area contributed by atoms with Crippen LogP contribution in [-0.4, -0.2) is 22.8 Å².